The summed E-state index contributed by atoms with van der Waals surface area (Å²) in [6.07, 6.45) is 0.470. The van der Waals surface area contributed by atoms with E-state index in [4.69, 9.17) is 5.26 Å². The third kappa shape index (κ3) is 1.76. The van der Waals surface area contributed by atoms with Crippen LogP contribution in [0.25, 0.3) is 0 Å². The minimum absolute atomic E-state index is 0.0735. The first-order valence-electron chi connectivity index (χ1n) is 6.13. The van der Waals surface area contributed by atoms with Gasteiger partial charge in [-0.15, -0.1) is 0 Å². The van der Waals surface area contributed by atoms with Gasteiger partial charge in [0.05, 0.1) is 6.07 Å². The van der Waals surface area contributed by atoms with Crippen LogP contribution in [0, 0.1) is 23.2 Å². The molecule has 19 heavy (non-hydrogen) atoms. The van der Waals surface area contributed by atoms with E-state index in [1.807, 2.05) is 6.07 Å². The summed E-state index contributed by atoms with van der Waals surface area (Å²) in [6, 6.07) is 1.88. The molecule has 3 fully saturated rings. The number of aliphatic carboxylic acids is 1. The Kier molecular flexibility index (Phi) is 3.33. The van der Waals surface area contributed by atoms with Crippen molar-refractivity contribution in [1.29, 1.82) is 5.26 Å². The Morgan fingerprint density at radius 1 is 1.63 bits per heavy atom. The third-order valence-electron chi connectivity index (χ3n) is 4.46. The maximum atomic E-state index is 12.4. The van der Waals surface area contributed by atoms with Crippen LogP contribution in [0.4, 0.5) is 0 Å². The predicted octanol–water partition coefficient (Wildman–Crippen LogP) is -0.128. The first-order chi connectivity index (χ1) is 8.78. The van der Waals surface area contributed by atoms with Crippen LogP contribution in [-0.4, -0.2) is 53.8 Å². The van der Waals surface area contributed by atoms with Crippen LogP contribution in [0.2, 0.25) is 0 Å². The lowest BCUT2D eigenvalue weighted by molar-refractivity contribution is -0.154. The molecule has 0 unspecified atom stereocenters. The normalized spacial score (nSPS) is 34.0. The molecule has 1 N–H and O–H groups in total. The van der Waals surface area contributed by atoms with E-state index in [9.17, 15) is 18.3 Å². The van der Waals surface area contributed by atoms with Gasteiger partial charge in [0.2, 0.25) is 0 Å². The summed E-state index contributed by atoms with van der Waals surface area (Å²) in [5.74, 6) is -1.12. The average molecular weight is 287 g/mol. The molecule has 0 radical (unpaired) electrons. The summed E-state index contributed by atoms with van der Waals surface area (Å²) in [4.78, 5) is 11.5. The monoisotopic (exact) mass is 287 g/mol. The summed E-state index contributed by atoms with van der Waals surface area (Å²) in [7, 11) is -2.44. The molecular formula is C11H17N3O4S. The second-order valence-electron chi connectivity index (χ2n) is 5.25. The lowest BCUT2D eigenvalue weighted by Crippen LogP contribution is -2.61. The number of rotatable bonds is 5. The van der Waals surface area contributed by atoms with Gasteiger partial charge in [-0.1, -0.05) is 6.92 Å². The minimum atomic E-state index is -3.82. The summed E-state index contributed by atoms with van der Waals surface area (Å²) >= 11 is 0. The van der Waals surface area contributed by atoms with Crippen LogP contribution in [0.1, 0.15) is 19.8 Å². The van der Waals surface area contributed by atoms with E-state index in [1.54, 1.807) is 6.92 Å². The Balaban J connectivity index is 2.27. The molecule has 3 rings (SSSR count). The largest absolute Gasteiger partial charge is 0.480 e. The maximum Gasteiger partial charge on any atom is 0.325 e. The number of hydrogen-bond donors (Lipinski definition) is 1. The molecule has 7 nitrogen and oxygen atoms in total. The number of nitrogens with zero attached hydrogens (tertiary/aromatic N) is 3. The molecule has 106 valence electrons. The average Bonchev–Trinajstić information content (AvgIpc) is 2.89. The highest BCUT2D eigenvalue weighted by atomic mass is 32.2. The second-order valence-corrected chi connectivity index (χ2v) is 7.21. The molecule has 0 aromatic carbocycles. The van der Waals surface area contributed by atoms with Gasteiger partial charge in [-0.2, -0.15) is 22.3 Å². The Labute approximate surface area is 112 Å². The molecule has 2 heterocycles. The first kappa shape index (κ1) is 14.2. The summed E-state index contributed by atoms with van der Waals surface area (Å²) in [5, 5.41) is 17.9. The lowest BCUT2D eigenvalue weighted by atomic mass is 9.64. The predicted molar refractivity (Wildman–Crippen MR) is 66.1 cm³/mol. The van der Waals surface area contributed by atoms with Gasteiger partial charge in [-0.25, -0.2) is 0 Å². The number of hydrogen-bond acceptors (Lipinski definition) is 4. The van der Waals surface area contributed by atoms with Gasteiger partial charge in [0.1, 0.15) is 5.54 Å². The Bertz CT molecular complexity index is 541. The summed E-state index contributed by atoms with van der Waals surface area (Å²) < 4.78 is 27.0. The van der Waals surface area contributed by atoms with Crippen molar-refractivity contribution in [3.63, 3.8) is 0 Å². The summed E-state index contributed by atoms with van der Waals surface area (Å²) in [5.41, 5.74) is -1.29. The Hall–Kier alpha value is -1.17. The fourth-order valence-corrected chi connectivity index (χ4v) is 4.87. The highest BCUT2D eigenvalue weighted by Crippen LogP contribution is 2.56. The molecule has 0 aromatic heterocycles. The Morgan fingerprint density at radius 3 is 2.74 bits per heavy atom. The van der Waals surface area contributed by atoms with E-state index in [0.717, 1.165) is 8.61 Å². The van der Waals surface area contributed by atoms with Crippen molar-refractivity contribution in [3.8, 4) is 6.07 Å². The fraction of sp³-hybridized carbons (Fsp3) is 0.818. The molecule has 0 aromatic rings. The van der Waals surface area contributed by atoms with Crippen molar-refractivity contribution in [2.24, 2.45) is 11.8 Å². The van der Waals surface area contributed by atoms with Gasteiger partial charge < -0.3 is 5.11 Å². The highest BCUT2D eigenvalue weighted by molar-refractivity contribution is 7.86. The smallest absolute Gasteiger partial charge is 0.325 e. The van der Waals surface area contributed by atoms with E-state index in [2.05, 4.69) is 0 Å². The number of nitriles is 1. The highest BCUT2D eigenvalue weighted by Gasteiger charge is 2.70. The first-order valence-corrected chi connectivity index (χ1v) is 7.52. The third-order valence-corrected chi connectivity index (χ3v) is 6.46. The maximum absolute atomic E-state index is 12.4. The van der Waals surface area contributed by atoms with Crippen molar-refractivity contribution in [2.45, 2.75) is 25.3 Å². The quantitative estimate of drug-likeness (QED) is 0.759. The van der Waals surface area contributed by atoms with Crippen molar-refractivity contribution in [1.82, 2.24) is 8.61 Å². The van der Waals surface area contributed by atoms with Gasteiger partial charge in [-0.3, -0.25) is 4.79 Å². The van der Waals surface area contributed by atoms with Gasteiger partial charge in [0, 0.05) is 26.6 Å². The molecule has 0 amide bonds. The van der Waals surface area contributed by atoms with Crippen LogP contribution in [-0.2, 0) is 15.0 Å². The van der Waals surface area contributed by atoms with E-state index >= 15 is 0 Å². The molecule has 2 saturated heterocycles. The van der Waals surface area contributed by atoms with Crippen LogP contribution in [0.3, 0.4) is 0 Å². The van der Waals surface area contributed by atoms with E-state index in [1.165, 1.54) is 7.05 Å². The van der Waals surface area contributed by atoms with Crippen LogP contribution in [0.5, 0.6) is 0 Å². The van der Waals surface area contributed by atoms with Gasteiger partial charge >= 0.3 is 5.97 Å². The Morgan fingerprint density at radius 2 is 2.26 bits per heavy atom. The molecular weight excluding hydrogens is 270 g/mol. The SMILES string of the molecule is C[C@@H]1[C@@H]2CN(S(=O)(=O)N(C)CCC#N)[C@@]1(C(=O)O)C2. The molecule has 2 bridgehead atoms. The lowest BCUT2D eigenvalue weighted by Gasteiger charge is -2.44. The second kappa shape index (κ2) is 4.44. The minimum Gasteiger partial charge on any atom is -0.480 e. The van der Waals surface area contributed by atoms with E-state index in [0.29, 0.717) is 6.42 Å². The van der Waals surface area contributed by atoms with Crippen molar-refractivity contribution >= 4 is 16.2 Å². The topological polar surface area (TPSA) is 102 Å². The number of carbonyl (C=O) groups is 1. The molecule has 1 aliphatic carbocycles. The van der Waals surface area contributed by atoms with Crippen molar-refractivity contribution in [3.05, 3.63) is 0 Å². The molecule has 3 atom stereocenters. The van der Waals surface area contributed by atoms with Gasteiger partial charge in [0.15, 0.2) is 0 Å². The molecule has 2 aliphatic heterocycles. The zero-order valence-electron chi connectivity index (χ0n) is 10.9. The van der Waals surface area contributed by atoms with E-state index in [-0.39, 0.29) is 31.3 Å². The fourth-order valence-electron chi connectivity index (χ4n) is 3.10. The molecule has 1 saturated carbocycles. The number of carboxylic acid groups (broad SMARTS) is 1. The standard InChI is InChI=1S/C11H17N3O4S/c1-8-9-6-11(8,10(15)16)14(7-9)19(17,18)13(2)5-3-4-12/h8-9H,3,5-7H2,1-2H3,(H,15,16)/t8-,9+,11+/m1/s1. The van der Waals surface area contributed by atoms with Gasteiger partial charge in [0.25, 0.3) is 10.2 Å². The molecule has 3 aliphatic rings. The zero-order valence-corrected chi connectivity index (χ0v) is 11.7. The molecule has 8 heteroatoms. The number of fused-ring (bicyclic) bond motifs is 1. The number of carboxylic acids is 1. The van der Waals surface area contributed by atoms with Crippen molar-refractivity contribution in [2.75, 3.05) is 20.1 Å². The zero-order chi connectivity index (χ0) is 14.4. The van der Waals surface area contributed by atoms with Crippen LogP contribution in [0.15, 0.2) is 0 Å². The van der Waals surface area contributed by atoms with Gasteiger partial charge in [-0.05, 0) is 18.3 Å². The van der Waals surface area contributed by atoms with Crippen LogP contribution < -0.4 is 0 Å². The van der Waals surface area contributed by atoms with Crippen LogP contribution >= 0.6 is 0 Å². The molecule has 0 spiro atoms. The summed E-state index contributed by atoms with van der Waals surface area (Å²) in [6.45, 7) is 2.11. The van der Waals surface area contributed by atoms with E-state index < -0.39 is 21.7 Å². The van der Waals surface area contributed by atoms with Crippen molar-refractivity contribution < 1.29 is 18.3 Å².